The molecule has 1 aromatic carbocycles. The average Bonchev–Trinajstić information content (AvgIpc) is 2.46. The summed E-state index contributed by atoms with van der Waals surface area (Å²) in [6.45, 7) is 4.19. The molecule has 1 rings (SSSR count). The first-order valence-corrected chi connectivity index (χ1v) is 8.35. The van der Waals surface area contributed by atoms with Gasteiger partial charge in [0.1, 0.15) is 0 Å². The Kier molecular flexibility index (Phi) is 6.32. The van der Waals surface area contributed by atoms with E-state index in [0.29, 0.717) is 18.7 Å². The Bertz CT molecular complexity index is 599. The Morgan fingerprint density at radius 1 is 1.38 bits per heavy atom. The van der Waals surface area contributed by atoms with Crippen LogP contribution in [0.2, 0.25) is 0 Å². The van der Waals surface area contributed by atoms with Crippen LogP contribution in [0.4, 0.5) is 5.69 Å². The first kappa shape index (κ1) is 17.6. The molecule has 1 unspecified atom stereocenters. The number of carbonyl (C=O) groups is 1. The van der Waals surface area contributed by atoms with Gasteiger partial charge in [0.2, 0.25) is 15.9 Å². The van der Waals surface area contributed by atoms with Crippen molar-refractivity contribution in [2.45, 2.75) is 31.6 Å². The summed E-state index contributed by atoms with van der Waals surface area (Å²) in [6, 6.07) is 4.65. The molecule has 0 heterocycles. The topological polar surface area (TPSA) is 101 Å². The molecule has 1 amide bonds. The van der Waals surface area contributed by atoms with E-state index < -0.39 is 10.0 Å². The standard InChI is InChI=1S/C14H23N3O3S/c1-10-6-7-12(21(19,20)16-3)9-13(10)17-14(18)11(2)5-4-8-15/h6-7,9,11,16H,4-5,8,15H2,1-3H3,(H,17,18). The van der Waals surface area contributed by atoms with Crippen LogP contribution in [-0.4, -0.2) is 27.9 Å². The van der Waals surface area contributed by atoms with E-state index in [0.717, 1.165) is 12.0 Å². The van der Waals surface area contributed by atoms with Gasteiger partial charge in [-0.15, -0.1) is 0 Å². The molecule has 0 aliphatic carbocycles. The molecule has 0 radical (unpaired) electrons. The molecule has 0 aliphatic rings. The monoisotopic (exact) mass is 313 g/mol. The van der Waals surface area contributed by atoms with Crippen LogP contribution in [-0.2, 0) is 14.8 Å². The fraction of sp³-hybridized carbons (Fsp3) is 0.500. The molecular weight excluding hydrogens is 290 g/mol. The first-order valence-electron chi connectivity index (χ1n) is 6.87. The number of carbonyl (C=O) groups excluding carboxylic acids is 1. The molecule has 1 aromatic rings. The fourth-order valence-electron chi connectivity index (χ4n) is 1.83. The maximum Gasteiger partial charge on any atom is 0.240 e. The van der Waals surface area contributed by atoms with Gasteiger partial charge in [-0.25, -0.2) is 13.1 Å². The number of hydrogen-bond donors (Lipinski definition) is 3. The third-order valence-electron chi connectivity index (χ3n) is 3.33. The molecule has 0 aromatic heterocycles. The van der Waals surface area contributed by atoms with E-state index in [-0.39, 0.29) is 16.7 Å². The summed E-state index contributed by atoms with van der Waals surface area (Å²) in [5, 5.41) is 2.78. The lowest BCUT2D eigenvalue weighted by atomic mass is 10.0. The zero-order valence-corrected chi connectivity index (χ0v) is 13.5. The van der Waals surface area contributed by atoms with Crippen LogP contribution in [0.3, 0.4) is 0 Å². The summed E-state index contributed by atoms with van der Waals surface area (Å²) >= 11 is 0. The van der Waals surface area contributed by atoms with E-state index >= 15 is 0 Å². The molecule has 0 spiro atoms. The maximum absolute atomic E-state index is 12.1. The highest BCUT2D eigenvalue weighted by Crippen LogP contribution is 2.21. The average molecular weight is 313 g/mol. The van der Waals surface area contributed by atoms with Gasteiger partial charge in [0.15, 0.2) is 0 Å². The second-order valence-corrected chi connectivity index (χ2v) is 6.89. The number of anilines is 1. The molecule has 6 nitrogen and oxygen atoms in total. The number of nitrogens with one attached hydrogen (secondary N) is 2. The smallest absolute Gasteiger partial charge is 0.240 e. The van der Waals surface area contributed by atoms with Gasteiger partial charge >= 0.3 is 0 Å². The Morgan fingerprint density at radius 2 is 2.05 bits per heavy atom. The lowest BCUT2D eigenvalue weighted by Crippen LogP contribution is -2.22. The van der Waals surface area contributed by atoms with Gasteiger partial charge in [-0.1, -0.05) is 13.0 Å². The van der Waals surface area contributed by atoms with Crippen LogP contribution in [0.5, 0.6) is 0 Å². The summed E-state index contributed by atoms with van der Waals surface area (Å²) in [4.78, 5) is 12.2. The molecule has 7 heteroatoms. The zero-order chi connectivity index (χ0) is 16.0. The number of hydrogen-bond acceptors (Lipinski definition) is 4. The number of aryl methyl sites for hydroxylation is 1. The van der Waals surface area contributed by atoms with Crippen molar-refractivity contribution in [2.24, 2.45) is 11.7 Å². The number of amides is 1. The third-order valence-corrected chi connectivity index (χ3v) is 4.75. The van der Waals surface area contributed by atoms with Crippen molar-refractivity contribution in [3.63, 3.8) is 0 Å². The predicted octanol–water partition coefficient (Wildman–Crippen LogP) is 1.22. The molecule has 1 atom stereocenters. The van der Waals surface area contributed by atoms with Crippen LogP contribution >= 0.6 is 0 Å². The molecule has 0 bridgehead atoms. The van der Waals surface area contributed by atoms with Crippen molar-refractivity contribution >= 4 is 21.6 Å². The highest BCUT2D eigenvalue weighted by atomic mass is 32.2. The van der Waals surface area contributed by atoms with Crippen LogP contribution in [0.1, 0.15) is 25.3 Å². The van der Waals surface area contributed by atoms with E-state index in [1.807, 2.05) is 13.8 Å². The molecule has 0 saturated carbocycles. The van der Waals surface area contributed by atoms with Crippen molar-refractivity contribution in [3.05, 3.63) is 23.8 Å². The predicted molar refractivity (Wildman–Crippen MR) is 83.5 cm³/mol. The van der Waals surface area contributed by atoms with E-state index in [1.54, 1.807) is 6.07 Å². The molecule has 118 valence electrons. The lowest BCUT2D eigenvalue weighted by Gasteiger charge is -2.14. The largest absolute Gasteiger partial charge is 0.330 e. The van der Waals surface area contributed by atoms with E-state index in [1.165, 1.54) is 19.2 Å². The first-order chi connectivity index (χ1) is 9.81. The van der Waals surface area contributed by atoms with Gasteiger partial charge in [0, 0.05) is 11.6 Å². The Labute approximate surface area is 126 Å². The number of nitrogens with two attached hydrogens (primary N) is 1. The summed E-state index contributed by atoms with van der Waals surface area (Å²) < 4.78 is 25.8. The summed E-state index contributed by atoms with van der Waals surface area (Å²) in [7, 11) is -2.18. The Morgan fingerprint density at radius 3 is 2.62 bits per heavy atom. The normalized spacial score (nSPS) is 13.0. The van der Waals surface area contributed by atoms with Crippen molar-refractivity contribution in [3.8, 4) is 0 Å². The summed E-state index contributed by atoms with van der Waals surface area (Å²) in [5.41, 5.74) is 6.75. The van der Waals surface area contributed by atoms with Crippen molar-refractivity contribution in [2.75, 3.05) is 18.9 Å². The van der Waals surface area contributed by atoms with Crippen LogP contribution in [0.15, 0.2) is 23.1 Å². The molecule has 0 fully saturated rings. The molecule has 0 saturated heterocycles. The van der Waals surface area contributed by atoms with Gasteiger partial charge in [0.25, 0.3) is 0 Å². The maximum atomic E-state index is 12.1. The third kappa shape index (κ3) is 4.80. The highest BCUT2D eigenvalue weighted by molar-refractivity contribution is 7.89. The summed E-state index contributed by atoms with van der Waals surface area (Å²) in [6.07, 6.45) is 1.48. The highest BCUT2D eigenvalue weighted by Gasteiger charge is 2.16. The van der Waals surface area contributed by atoms with Gasteiger partial charge in [-0.3, -0.25) is 4.79 Å². The minimum atomic E-state index is -3.53. The Balaban J connectivity index is 2.93. The van der Waals surface area contributed by atoms with Crippen molar-refractivity contribution < 1.29 is 13.2 Å². The second-order valence-electron chi connectivity index (χ2n) is 5.01. The molecular formula is C14H23N3O3S. The minimum Gasteiger partial charge on any atom is -0.330 e. The Hall–Kier alpha value is -1.44. The van der Waals surface area contributed by atoms with Crippen LogP contribution < -0.4 is 15.8 Å². The van der Waals surface area contributed by atoms with Crippen molar-refractivity contribution in [1.82, 2.24) is 4.72 Å². The molecule has 4 N–H and O–H groups in total. The van der Waals surface area contributed by atoms with Gasteiger partial charge < -0.3 is 11.1 Å². The van der Waals surface area contributed by atoms with E-state index in [2.05, 4.69) is 10.0 Å². The van der Waals surface area contributed by atoms with E-state index in [9.17, 15) is 13.2 Å². The van der Waals surface area contributed by atoms with Gasteiger partial charge in [-0.05, 0) is 51.1 Å². The van der Waals surface area contributed by atoms with Gasteiger partial charge in [0.05, 0.1) is 4.90 Å². The SMILES string of the molecule is CNS(=O)(=O)c1ccc(C)c(NC(=O)C(C)CCCN)c1. The lowest BCUT2D eigenvalue weighted by molar-refractivity contribution is -0.119. The van der Waals surface area contributed by atoms with Crippen LogP contribution in [0, 0.1) is 12.8 Å². The van der Waals surface area contributed by atoms with Crippen molar-refractivity contribution in [1.29, 1.82) is 0 Å². The number of benzene rings is 1. The minimum absolute atomic E-state index is 0.125. The fourth-order valence-corrected chi connectivity index (χ4v) is 2.59. The number of rotatable bonds is 7. The second kappa shape index (κ2) is 7.53. The number of sulfonamides is 1. The van der Waals surface area contributed by atoms with Gasteiger partial charge in [-0.2, -0.15) is 0 Å². The summed E-state index contributed by atoms with van der Waals surface area (Å²) in [5.74, 6) is -0.303. The quantitative estimate of drug-likeness (QED) is 0.704. The molecule has 21 heavy (non-hydrogen) atoms. The van der Waals surface area contributed by atoms with Crippen LogP contribution in [0.25, 0.3) is 0 Å². The molecule has 0 aliphatic heterocycles. The van der Waals surface area contributed by atoms with E-state index in [4.69, 9.17) is 5.73 Å². The zero-order valence-electron chi connectivity index (χ0n) is 12.6.